The molecule has 5 heteroatoms. The van der Waals surface area contributed by atoms with Crippen LogP contribution in [0.4, 0.5) is 13.2 Å². The van der Waals surface area contributed by atoms with Crippen LogP contribution < -0.4 is 31.8 Å². The lowest BCUT2D eigenvalue weighted by Gasteiger charge is -2.25. The lowest BCUT2D eigenvalue weighted by atomic mass is 10.0. The molecule has 6 rings (SSSR count). The number of halogens is 3. The van der Waals surface area contributed by atoms with Crippen LogP contribution >= 0.6 is 15.8 Å². The molecule has 212 valence electrons. The van der Waals surface area contributed by atoms with E-state index in [1.165, 1.54) is 22.7 Å². The van der Waals surface area contributed by atoms with Crippen LogP contribution in [-0.4, -0.2) is 0 Å². The minimum absolute atomic E-state index is 0.395. The Morgan fingerprint density at radius 2 is 0.767 bits per heavy atom. The van der Waals surface area contributed by atoms with Crippen LogP contribution in [0.1, 0.15) is 16.7 Å². The molecule has 6 aromatic rings. The zero-order chi connectivity index (χ0) is 29.6. The highest BCUT2D eigenvalue weighted by Gasteiger charge is 2.32. The van der Waals surface area contributed by atoms with E-state index in [4.69, 9.17) is 0 Å². The van der Waals surface area contributed by atoms with Crippen molar-refractivity contribution in [3.63, 3.8) is 0 Å². The summed E-state index contributed by atoms with van der Waals surface area (Å²) in [6.45, 7) is 0. The highest BCUT2D eigenvalue weighted by atomic mass is 31.1. The predicted molar refractivity (Wildman–Crippen MR) is 178 cm³/mol. The largest absolute Gasteiger partial charge is 0.416 e. The number of benzene rings is 6. The summed E-state index contributed by atoms with van der Waals surface area (Å²) in [5.41, 5.74) is 1.13. The normalized spacial score (nSPS) is 11.7. The molecular weight excluding hydrogens is 575 g/mol. The third-order valence-corrected chi connectivity index (χ3v) is 12.4. The van der Waals surface area contributed by atoms with Gasteiger partial charge in [-0.1, -0.05) is 152 Å². The van der Waals surface area contributed by atoms with Gasteiger partial charge in [0.2, 0.25) is 0 Å². The second kappa shape index (κ2) is 13.1. The topological polar surface area (TPSA) is 0 Å². The van der Waals surface area contributed by atoms with Crippen LogP contribution in [0.5, 0.6) is 0 Å². The smallest absolute Gasteiger partial charge is 0.166 e. The van der Waals surface area contributed by atoms with Gasteiger partial charge < -0.3 is 0 Å². The summed E-state index contributed by atoms with van der Waals surface area (Å²) in [6, 6.07) is 53.7. The quantitative estimate of drug-likeness (QED) is 0.156. The van der Waals surface area contributed by atoms with Gasteiger partial charge in [-0.2, -0.15) is 13.2 Å². The molecule has 0 saturated carbocycles. The van der Waals surface area contributed by atoms with Gasteiger partial charge in [0, 0.05) is 0 Å². The Morgan fingerprint density at radius 3 is 1.19 bits per heavy atom. The molecule has 0 amide bonds. The molecule has 0 heterocycles. The molecule has 0 radical (unpaired) electrons. The van der Waals surface area contributed by atoms with Gasteiger partial charge in [0.1, 0.15) is 0 Å². The fraction of sp³-hybridized carbons (Fsp3) is 0.0526. The van der Waals surface area contributed by atoms with Crippen LogP contribution in [0, 0.1) is 0 Å². The van der Waals surface area contributed by atoms with E-state index < -0.39 is 27.6 Å². The van der Waals surface area contributed by atoms with Gasteiger partial charge in [-0.05, 0) is 77.4 Å². The second-order valence-electron chi connectivity index (χ2n) is 10.2. The Morgan fingerprint density at radius 1 is 0.395 bits per heavy atom. The first-order valence-corrected chi connectivity index (χ1v) is 16.8. The maximum atomic E-state index is 14.1. The van der Waals surface area contributed by atoms with Crippen molar-refractivity contribution in [1.82, 2.24) is 0 Å². The van der Waals surface area contributed by atoms with Gasteiger partial charge in [-0.25, -0.2) is 0 Å². The maximum absolute atomic E-state index is 14.1. The Bertz CT molecular complexity index is 1690. The first-order valence-electron chi connectivity index (χ1n) is 14.1. The highest BCUT2D eigenvalue weighted by molar-refractivity contribution is 7.80. The molecule has 0 saturated heterocycles. The molecular formula is C38H29F3P2. The van der Waals surface area contributed by atoms with Gasteiger partial charge in [0.05, 0.1) is 5.56 Å². The lowest BCUT2D eigenvalue weighted by Crippen LogP contribution is -2.26. The summed E-state index contributed by atoms with van der Waals surface area (Å²) in [5, 5.41) is 6.72. The minimum Gasteiger partial charge on any atom is -0.166 e. The average Bonchev–Trinajstić information content (AvgIpc) is 3.04. The summed E-state index contributed by atoms with van der Waals surface area (Å²) in [5.74, 6) is 0. The van der Waals surface area contributed by atoms with Crippen LogP contribution in [0.2, 0.25) is 0 Å². The van der Waals surface area contributed by atoms with E-state index in [2.05, 4.69) is 60.7 Å². The Labute approximate surface area is 253 Å². The van der Waals surface area contributed by atoms with Crippen molar-refractivity contribution in [2.24, 2.45) is 0 Å². The zero-order valence-electron chi connectivity index (χ0n) is 23.3. The molecule has 0 aliphatic carbocycles. The summed E-state index contributed by atoms with van der Waals surface area (Å²) >= 11 is 0. The molecule has 0 atom stereocenters. The number of rotatable bonds is 8. The standard InChI is InChI=1S/C38H29F3P2/c39-38(40,41)31-25-26-37(43(34-20-9-3-10-21-34)35-22-11-4-12-23-35)30(28-31)27-29-15-13-14-24-36(29)42(32-16-5-1-6-17-32)33-18-7-2-8-19-33/h1-26,28H,27H2. The summed E-state index contributed by atoms with van der Waals surface area (Å²) in [4.78, 5) is 0. The fourth-order valence-corrected chi connectivity index (χ4v) is 10.3. The van der Waals surface area contributed by atoms with E-state index in [1.54, 1.807) is 6.07 Å². The molecule has 43 heavy (non-hydrogen) atoms. The van der Waals surface area contributed by atoms with Crippen LogP contribution in [0.25, 0.3) is 0 Å². The van der Waals surface area contributed by atoms with Crippen molar-refractivity contribution in [2.75, 3.05) is 0 Å². The zero-order valence-corrected chi connectivity index (χ0v) is 25.1. The minimum atomic E-state index is -4.43. The summed E-state index contributed by atoms with van der Waals surface area (Å²) in [7, 11) is -2.01. The van der Waals surface area contributed by atoms with Crippen molar-refractivity contribution in [2.45, 2.75) is 12.6 Å². The molecule has 0 nitrogen and oxygen atoms in total. The van der Waals surface area contributed by atoms with Gasteiger partial charge in [0.15, 0.2) is 0 Å². The molecule has 6 aromatic carbocycles. The molecule has 0 N–H and O–H groups in total. The Balaban J connectivity index is 1.53. The summed E-state index contributed by atoms with van der Waals surface area (Å²) in [6.07, 6.45) is -4.04. The third kappa shape index (κ3) is 6.65. The first kappa shape index (κ1) is 29.1. The van der Waals surface area contributed by atoms with Crippen molar-refractivity contribution < 1.29 is 13.2 Å². The maximum Gasteiger partial charge on any atom is 0.416 e. The Hall–Kier alpha value is -4.03. The molecule has 0 aliphatic heterocycles. The fourth-order valence-electron chi connectivity index (χ4n) is 5.37. The summed E-state index contributed by atoms with van der Waals surface area (Å²) < 4.78 is 42.4. The van der Waals surface area contributed by atoms with E-state index in [0.29, 0.717) is 12.0 Å². The SMILES string of the molecule is FC(F)(F)c1ccc(P(c2ccccc2)c2ccccc2)c(Cc2ccccc2P(c2ccccc2)c2ccccc2)c1. The van der Waals surface area contributed by atoms with E-state index in [-0.39, 0.29) is 0 Å². The van der Waals surface area contributed by atoms with Gasteiger partial charge in [0.25, 0.3) is 0 Å². The van der Waals surface area contributed by atoms with Crippen LogP contribution in [-0.2, 0) is 12.6 Å². The van der Waals surface area contributed by atoms with Crippen molar-refractivity contribution in [3.05, 3.63) is 180 Å². The van der Waals surface area contributed by atoms with E-state index in [9.17, 15) is 13.2 Å². The van der Waals surface area contributed by atoms with Gasteiger partial charge >= 0.3 is 6.18 Å². The molecule has 0 spiro atoms. The highest BCUT2D eigenvalue weighted by Crippen LogP contribution is 2.39. The Kier molecular flexibility index (Phi) is 8.85. The van der Waals surface area contributed by atoms with Gasteiger partial charge in [-0.15, -0.1) is 0 Å². The number of hydrogen-bond acceptors (Lipinski definition) is 0. The van der Waals surface area contributed by atoms with Crippen molar-refractivity contribution in [1.29, 1.82) is 0 Å². The van der Waals surface area contributed by atoms with E-state index in [0.717, 1.165) is 26.8 Å². The molecule has 0 fully saturated rings. The van der Waals surface area contributed by atoms with Gasteiger partial charge in [-0.3, -0.25) is 0 Å². The molecule has 0 aromatic heterocycles. The molecule has 0 unspecified atom stereocenters. The lowest BCUT2D eigenvalue weighted by molar-refractivity contribution is -0.137. The molecule has 0 aliphatic rings. The number of alkyl halides is 3. The first-order chi connectivity index (χ1) is 21.0. The van der Waals surface area contributed by atoms with Crippen LogP contribution in [0.15, 0.2) is 164 Å². The van der Waals surface area contributed by atoms with Crippen molar-refractivity contribution >= 4 is 47.7 Å². The third-order valence-electron chi connectivity index (χ3n) is 7.32. The van der Waals surface area contributed by atoms with Crippen LogP contribution in [0.3, 0.4) is 0 Å². The van der Waals surface area contributed by atoms with Crippen molar-refractivity contribution in [3.8, 4) is 0 Å². The predicted octanol–water partition coefficient (Wildman–Crippen LogP) is 7.81. The average molecular weight is 605 g/mol. The monoisotopic (exact) mass is 604 g/mol. The number of hydrogen-bond donors (Lipinski definition) is 0. The molecule has 0 bridgehead atoms. The van der Waals surface area contributed by atoms with E-state index in [1.807, 2.05) is 84.9 Å². The second-order valence-corrected chi connectivity index (χ2v) is 14.5. The van der Waals surface area contributed by atoms with E-state index >= 15 is 0 Å².